The van der Waals surface area contributed by atoms with Crippen LogP contribution >= 0.6 is 0 Å². The summed E-state index contributed by atoms with van der Waals surface area (Å²) in [6.07, 6.45) is 0.954. The van der Waals surface area contributed by atoms with Crippen molar-refractivity contribution < 1.29 is 23.5 Å². The zero-order valence-corrected chi connectivity index (χ0v) is 9.77. The van der Waals surface area contributed by atoms with Crippen LogP contribution in [0.2, 0.25) is 0 Å². The van der Waals surface area contributed by atoms with E-state index in [1.54, 1.807) is 6.92 Å². The van der Waals surface area contributed by atoms with Gasteiger partial charge in [0.15, 0.2) is 17.7 Å². The maximum absolute atomic E-state index is 13.1. The molecular formula is C12H13F2NO3. The lowest BCUT2D eigenvalue weighted by molar-refractivity contribution is -0.146. The highest BCUT2D eigenvalue weighted by atomic mass is 19.2. The van der Waals surface area contributed by atoms with Crippen molar-refractivity contribution in [3.8, 4) is 0 Å². The third-order valence-corrected chi connectivity index (χ3v) is 2.44. The summed E-state index contributed by atoms with van der Waals surface area (Å²) in [4.78, 5) is 23.1. The Morgan fingerprint density at radius 3 is 2.56 bits per heavy atom. The van der Waals surface area contributed by atoms with Gasteiger partial charge in [-0.05, 0) is 24.1 Å². The second-order valence-electron chi connectivity index (χ2n) is 3.76. The van der Waals surface area contributed by atoms with Gasteiger partial charge in [-0.2, -0.15) is 0 Å². The first-order valence-electron chi connectivity index (χ1n) is 5.40. The van der Waals surface area contributed by atoms with E-state index in [1.165, 1.54) is 0 Å². The maximum atomic E-state index is 13.1. The standard InChI is InChI=1S/C12H13F2NO3/c1-2-5-15(7-16)11(12(17)18)8-3-4-9(13)10(14)6-8/h3-4,6-7,11H,2,5H2,1H3,(H,17,18). The van der Waals surface area contributed by atoms with Gasteiger partial charge < -0.3 is 10.0 Å². The molecule has 0 saturated carbocycles. The van der Waals surface area contributed by atoms with Crippen LogP contribution in [0.4, 0.5) is 8.78 Å². The Hall–Kier alpha value is -1.98. The molecule has 4 nitrogen and oxygen atoms in total. The van der Waals surface area contributed by atoms with Gasteiger partial charge in [-0.1, -0.05) is 13.0 Å². The summed E-state index contributed by atoms with van der Waals surface area (Å²) in [5.41, 5.74) is 0.0296. The summed E-state index contributed by atoms with van der Waals surface area (Å²) in [5, 5.41) is 9.10. The summed E-state index contributed by atoms with van der Waals surface area (Å²) in [5.74, 6) is -3.49. The van der Waals surface area contributed by atoms with Crippen molar-refractivity contribution in [2.45, 2.75) is 19.4 Å². The summed E-state index contributed by atoms with van der Waals surface area (Å²) in [6.45, 7) is 2.00. The number of hydrogen-bond donors (Lipinski definition) is 1. The molecule has 98 valence electrons. The lowest BCUT2D eigenvalue weighted by Gasteiger charge is -2.24. The monoisotopic (exact) mass is 257 g/mol. The lowest BCUT2D eigenvalue weighted by Crippen LogP contribution is -2.33. The van der Waals surface area contributed by atoms with Gasteiger partial charge in [-0.25, -0.2) is 13.6 Å². The molecule has 0 heterocycles. The number of rotatable bonds is 6. The molecule has 0 aliphatic rings. The smallest absolute Gasteiger partial charge is 0.331 e. The molecule has 1 N–H and O–H groups in total. The van der Waals surface area contributed by atoms with Crippen LogP contribution in [-0.2, 0) is 9.59 Å². The number of amides is 1. The van der Waals surface area contributed by atoms with Crippen molar-refractivity contribution in [2.75, 3.05) is 6.54 Å². The Kier molecular flexibility index (Phi) is 4.76. The number of carboxylic acid groups (broad SMARTS) is 1. The molecular weight excluding hydrogens is 244 g/mol. The van der Waals surface area contributed by atoms with Crippen LogP contribution in [0.25, 0.3) is 0 Å². The first-order valence-corrected chi connectivity index (χ1v) is 5.40. The molecule has 18 heavy (non-hydrogen) atoms. The molecule has 6 heteroatoms. The van der Waals surface area contributed by atoms with Crippen molar-refractivity contribution in [3.05, 3.63) is 35.4 Å². The number of aliphatic carboxylic acids is 1. The molecule has 0 aromatic heterocycles. The Balaban J connectivity index is 3.14. The predicted molar refractivity (Wildman–Crippen MR) is 59.8 cm³/mol. The Morgan fingerprint density at radius 1 is 1.44 bits per heavy atom. The normalized spacial score (nSPS) is 11.9. The van der Waals surface area contributed by atoms with Gasteiger partial charge in [0.05, 0.1) is 0 Å². The number of benzene rings is 1. The van der Waals surface area contributed by atoms with Crippen LogP contribution in [0.3, 0.4) is 0 Å². The van der Waals surface area contributed by atoms with Gasteiger partial charge >= 0.3 is 5.97 Å². The molecule has 1 amide bonds. The van der Waals surface area contributed by atoms with E-state index in [9.17, 15) is 18.4 Å². The molecule has 0 bridgehead atoms. The minimum Gasteiger partial charge on any atom is -0.479 e. The zero-order valence-electron chi connectivity index (χ0n) is 9.77. The number of carboxylic acids is 1. The van der Waals surface area contributed by atoms with E-state index in [0.717, 1.165) is 23.1 Å². The van der Waals surface area contributed by atoms with E-state index in [-0.39, 0.29) is 12.1 Å². The SMILES string of the molecule is CCCN(C=O)C(C(=O)O)c1ccc(F)c(F)c1. The zero-order chi connectivity index (χ0) is 13.7. The topological polar surface area (TPSA) is 57.6 Å². The molecule has 1 atom stereocenters. The van der Waals surface area contributed by atoms with Crippen LogP contribution in [0.15, 0.2) is 18.2 Å². The van der Waals surface area contributed by atoms with E-state index < -0.39 is 23.6 Å². The highest BCUT2D eigenvalue weighted by Gasteiger charge is 2.26. The first kappa shape index (κ1) is 14.1. The number of carbonyl (C=O) groups is 2. The van der Waals surface area contributed by atoms with Crippen molar-refractivity contribution in [1.82, 2.24) is 4.90 Å². The Labute approximate surface area is 103 Å². The second kappa shape index (κ2) is 6.09. The molecule has 0 fully saturated rings. The summed E-state index contributed by atoms with van der Waals surface area (Å²) in [7, 11) is 0. The molecule has 0 saturated heterocycles. The second-order valence-corrected chi connectivity index (χ2v) is 3.76. The van der Waals surface area contributed by atoms with Crippen LogP contribution in [-0.4, -0.2) is 28.9 Å². The molecule has 0 spiro atoms. The van der Waals surface area contributed by atoms with Crippen molar-refractivity contribution in [2.24, 2.45) is 0 Å². The van der Waals surface area contributed by atoms with E-state index in [1.807, 2.05) is 0 Å². The van der Waals surface area contributed by atoms with E-state index in [4.69, 9.17) is 5.11 Å². The van der Waals surface area contributed by atoms with Crippen LogP contribution in [0.5, 0.6) is 0 Å². The molecule has 1 aromatic carbocycles. The largest absolute Gasteiger partial charge is 0.479 e. The van der Waals surface area contributed by atoms with E-state index in [0.29, 0.717) is 12.8 Å². The van der Waals surface area contributed by atoms with Crippen LogP contribution in [0, 0.1) is 11.6 Å². The van der Waals surface area contributed by atoms with Crippen LogP contribution < -0.4 is 0 Å². The van der Waals surface area contributed by atoms with Gasteiger partial charge in [0.25, 0.3) is 0 Å². The predicted octanol–water partition coefficient (Wildman–Crippen LogP) is 1.96. The average molecular weight is 257 g/mol. The molecule has 1 aromatic rings. The third-order valence-electron chi connectivity index (χ3n) is 2.44. The Morgan fingerprint density at radius 2 is 2.11 bits per heavy atom. The van der Waals surface area contributed by atoms with Gasteiger partial charge in [-0.3, -0.25) is 4.79 Å². The molecule has 1 rings (SSSR count). The fourth-order valence-corrected chi connectivity index (χ4v) is 1.66. The molecule has 0 radical (unpaired) electrons. The highest BCUT2D eigenvalue weighted by Crippen LogP contribution is 2.22. The minimum atomic E-state index is -1.31. The summed E-state index contributed by atoms with van der Waals surface area (Å²) < 4.78 is 25.9. The highest BCUT2D eigenvalue weighted by molar-refractivity contribution is 5.78. The maximum Gasteiger partial charge on any atom is 0.331 e. The Bertz CT molecular complexity index is 451. The fraction of sp³-hybridized carbons (Fsp3) is 0.333. The summed E-state index contributed by atoms with van der Waals surface area (Å²) in [6, 6.07) is 1.48. The van der Waals surface area contributed by atoms with E-state index in [2.05, 4.69) is 0 Å². The molecule has 0 aliphatic heterocycles. The number of halogens is 2. The number of carbonyl (C=O) groups excluding carboxylic acids is 1. The van der Waals surface area contributed by atoms with Gasteiger partial charge in [0, 0.05) is 6.54 Å². The van der Waals surface area contributed by atoms with Crippen molar-refractivity contribution in [1.29, 1.82) is 0 Å². The fourth-order valence-electron chi connectivity index (χ4n) is 1.66. The number of nitrogens with zero attached hydrogens (tertiary/aromatic N) is 1. The minimum absolute atomic E-state index is 0.0296. The van der Waals surface area contributed by atoms with Gasteiger partial charge in [-0.15, -0.1) is 0 Å². The first-order chi connectivity index (χ1) is 8.51. The third kappa shape index (κ3) is 3.03. The quantitative estimate of drug-likeness (QED) is 0.792. The van der Waals surface area contributed by atoms with Gasteiger partial charge in [0.2, 0.25) is 6.41 Å². The van der Waals surface area contributed by atoms with Crippen molar-refractivity contribution in [3.63, 3.8) is 0 Å². The summed E-state index contributed by atoms with van der Waals surface area (Å²) >= 11 is 0. The lowest BCUT2D eigenvalue weighted by atomic mass is 10.1. The van der Waals surface area contributed by atoms with Crippen LogP contribution in [0.1, 0.15) is 24.9 Å². The van der Waals surface area contributed by atoms with Crippen molar-refractivity contribution >= 4 is 12.4 Å². The molecule has 1 unspecified atom stereocenters. The molecule has 0 aliphatic carbocycles. The van der Waals surface area contributed by atoms with E-state index >= 15 is 0 Å². The number of hydrogen-bond acceptors (Lipinski definition) is 2. The van der Waals surface area contributed by atoms with Gasteiger partial charge in [0.1, 0.15) is 0 Å². The average Bonchev–Trinajstić information content (AvgIpc) is 2.32.